The molecule has 0 aliphatic heterocycles. The van der Waals surface area contributed by atoms with E-state index in [2.05, 4.69) is 21.2 Å². The summed E-state index contributed by atoms with van der Waals surface area (Å²) in [5.41, 5.74) is 1.02. The van der Waals surface area contributed by atoms with Crippen LogP contribution in [-0.4, -0.2) is 13.0 Å². The Morgan fingerprint density at radius 2 is 2.20 bits per heavy atom. The second-order valence-electron chi connectivity index (χ2n) is 3.32. The van der Waals surface area contributed by atoms with Crippen molar-refractivity contribution in [1.29, 1.82) is 0 Å². The number of carbonyl (C=O) groups excluding carboxylic acids is 1. The average molecular weight is 272 g/mol. The van der Waals surface area contributed by atoms with Gasteiger partial charge in [-0.05, 0) is 40.5 Å². The zero-order valence-electron chi connectivity index (χ0n) is 9.00. The molecule has 0 bridgehead atoms. The van der Waals surface area contributed by atoms with Crippen LogP contribution in [-0.2, 0) is 4.79 Å². The topological polar surface area (TPSA) is 38.3 Å². The fourth-order valence-corrected chi connectivity index (χ4v) is 1.74. The van der Waals surface area contributed by atoms with Crippen molar-refractivity contribution in [3.8, 4) is 5.75 Å². The van der Waals surface area contributed by atoms with Gasteiger partial charge in [0.1, 0.15) is 5.75 Å². The molecule has 82 valence electrons. The third kappa shape index (κ3) is 3.23. The standard InChI is InChI=1S/C11H14BrNO2/c1-7(13-8(2)14)9-4-5-10(12)11(6-9)15-3/h4-7H,1-3H3,(H,13,14)/t7-/m1/s1. The predicted octanol–water partition coefficient (Wildman–Crippen LogP) is 2.65. The first-order valence-corrected chi connectivity index (χ1v) is 5.44. The number of methoxy groups -OCH3 is 1. The summed E-state index contributed by atoms with van der Waals surface area (Å²) < 4.78 is 6.09. The molecule has 1 aromatic carbocycles. The van der Waals surface area contributed by atoms with Gasteiger partial charge in [0.2, 0.25) is 5.91 Å². The molecule has 0 unspecified atom stereocenters. The number of hydrogen-bond donors (Lipinski definition) is 1. The second-order valence-corrected chi connectivity index (χ2v) is 4.17. The molecule has 4 heteroatoms. The number of halogens is 1. The van der Waals surface area contributed by atoms with E-state index in [1.165, 1.54) is 6.92 Å². The molecule has 0 fully saturated rings. The maximum Gasteiger partial charge on any atom is 0.217 e. The van der Waals surface area contributed by atoms with Gasteiger partial charge in [0, 0.05) is 6.92 Å². The summed E-state index contributed by atoms with van der Waals surface area (Å²) in [5, 5.41) is 2.82. The molecule has 15 heavy (non-hydrogen) atoms. The Morgan fingerprint density at radius 1 is 1.53 bits per heavy atom. The first kappa shape index (κ1) is 12.0. The molecule has 1 N–H and O–H groups in total. The molecule has 0 saturated heterocycles. The summed E-state index contributed by atoms with van der Waals surface area (Å²) in [6.45, 7) is 3.44. The van der Waals surface area contributed by atoms with Crippen molar-refractivity contribution in [2.45, 2.75) is 19.9 Å². The van der Waals surface area contributed by atoms with Gasteiger partial charge in [0.05, 0.1) is 17.6 Å². The molecular weight excluding hydrogens is 258 g/mol. The van der Waals surface area contributed by atoms with Crippen LogP contribution in [0, 0.1) is 0 Å². The maximum absolute atomic E-state index is 10.9. The van der Waals surface area contributed by atoms with Gasteiger partial charge in [-0.15, -0.1) is 0 Å². The normalized spacial score (nSPS) is 12.0. The lowest BCUT2D eigenvalue weighted by Crippen LogP contribution is -2.23. The van der Waals surface area contributed by atoms with Gasteiger partial charge in [0.25, 0.3) is 0 Å². The highest BCUT2D eigenvalue weighted by molar-refractivity contribution is 9.10. The molecule has 1 atom stereocenters. The van der Waals surface area contributed by atoms with E-state index >= 15 is 0 Å². The van der Waals surface area contributed by atoms with Crippen LogP contribution in [0.15, 0.2) is 22.7 Å². The lowest BCUT2D eigenvalue weighted by Gasteiger charge is -2.14. The van der Waals surface area contributed by atoms with Gasteiger partial charge < -0.3 is 10.1 Å². The largest absolute Gasteiger partial charge is 0.496 e. The molecule has 0 spiro atoms. The predicted molar refractivity (Wildman–Crippen MR) is 62.9 cm³/mol. The van der Waals surface area contributed by atoms with Crippen LogP contribution < -0.4 is 10.1 Å². The fraction of sp³-hybridized carbons (Fsp3) is 0.364. The molecule has 1 rings (SSSR count). The molecule has 0 radical (unpaired) electrons. The third-order valence-corrected chi connectivity index (χ3v) is 2.75. The summed E-state index contributed by atoms with van der Waals surface area (Å²) in [7, 11) is 1.62. The Morgan fingerprint density at radius 3 is 2.73 bits per heavy atom. The van der Waals surface area contributed by atoms with Crippen LogP contribution in [0.25, 0.3) is 0 Å². The lowest BCUT2D eigenvalue weighted by atomic mass is 10.1. The summed E-state index contributed by atoms with van der Waals surface area (Å²) in [6.07, 6.45) is 0. The van der Waals surface area contributed by atoms with E-state index < -0.39 is 0 Å². The zero-order chi connectivity index (χ0) is 11.4. The molecule has 0 heterocycles. The first-order valence-electron chi connectivity index (χ1n) is 4.65. The number of rotatable bonds is 3. The molecule has 0 aliphatic carbocycles. The minimum absolute atomic E-state index is 0.00972. The van der Waals surface area contributed by atoms with E-state index in [1.54, 1.807) is 7.11 Å². The molecular formula is C11H14BrNO2. The number of ether oxygens (including phenoxy) is 1. The zero-order valence-corrected chi connectivity index (χ0v) is 10.6. The first-order chi connectivity index (χ1) is 7.04. The van der Waals surface area contributed by atoms with Crippen molar-refractivity contribution in [2.75, 3.05) is 7.11 Å². The molecule has 0 saturated carbocycles. The van der Waals surface area contributed by atoms with Crippen molar-refractivity contribution < 1.29 is 9.53 Å². The minimum Gasteiger partial charge on any atom is -0.496 e. The maximum atomic E-state index is 10.9. The highest BCUT2D eigenvalue weighted by atomic mass is 79.9. The third-order valence-electron chi connectivity index (χ3n) is 2.09. The Balaban J connectivity index is 2.90. The van der Waals surface area contributed by atoms with Crippen LogP contribution in [0.2, 0.25) is 0 Å². The molecule has 1 amide bonds. The van der Waals surface area contributed by atoms with Gasteiger partial charge in [-0.2, -0.15) is 0 Å². The Hall–Kier alpha value is -1.03. The summed E-state index contributed by atoms with van der Waals surface area (Å²) in [4.78, 5) is 10.9. The average Bonchev–Trinajstić information content (AvgIpc) is 2.17. The van der Waals surface area contributed by atoms with E-state index in [0.29, 0.717) is 0 Å². The van der Waals surface area contributed by atoms with Crippen LogP contribution in [0.1, 0.15) is 25.5 Å². The fourth-order valence-electron chi connectivity index (χ4n) is 1.33. The van der Waals surface area contributed by atoms with Crippen molar-refractivity contribution in [2.24, 2.45) is 0 Å². The van der Waals surface area contributed by atoms with E-state index in [0.717, 1.165) is 15.8 Å². The van der Waals surface area contributed by atoms with Crippen molar-refractivity contribution in [3.05, 3.63) is 28.2 Å². The van der Waals surface area contributed by atoms with Gasteiger partial charge in [-0.1, -0.05) is 6.07 Å². The Kier molecular flexibility index (Phi) is 4.15. The van der Waals surface area contributed by atoms with E-state index in [1.807, 2.05) is 25.1 Å². The van der Waals surface area contributed by atoms with E-state index in [-0.39, 0.29) is 11.9 Å². The Bertz CT molecular complexity index is 366. The molecule has 0 aliphatic rings. The summed E-state index contributed by atoms with van der Waals surface area (Å²) in [6, 6.07) is 5.76. The minimum atomic E-state index is -0.0376. The van der Waals surface area contributed by atoms with Crippen LogP contribution in [0.3, 0.4) is 0 Å². The Labute approximate surface area is 97.9 Å². The van der Waals surface area contributed by atoms with Crippen molar-refractivity contribution in [3.63, 3.8) is 0 Å². The smallest absolute Gasteiger partial charge is 0.217 e. The lowest BCUT2D eigenvalue weighted by molar-refractivity contribution is -0.119. The summed E-state index contributed by atoms with van der Waals surface area (Å²) in [5.74, 6) is 0.731. The highest BCUT2D eigenvalue weighted by Gasteiger charge is 2.09. The van der Waals surface area contributed by atoms with Crippen molar-refractivity contribution >= 4 is 21.8 Å². The van der Waals surface area contributed by atoms with Crippen LogP contribution in [0.4, 0.5) is 0 Å². The van der Waals surface area contributed by atoms with E-state index in [4.69, 9.17) is 4.74 Å². The molecule has 3 nitrogen and oxygen atoms in total. The van der Waals surface area contributed by atoms with Crippen LogP contribution >= 0.6 is 15.9 Å². The quantitative estimate of drug-likeness (QED) is 0.918. The molecule has 1 aromatic rings. The van der Waals surface area contributed by atoms with E-state index in [9.17, 15) is 4.79 Å². The molecule has 0 aromatic heterocycles. The summed E-state index contributed by atoms with van der Waals surface area (Å²) >= 11 is 3.38. The van der Waals surface area contributed by atoms with Gasteiger partial charge >= 0.3 is 0 Å². The van der Waals surface area contributed by atoms with Crippen molar-refractivity contribution in [1.82, 2.24) is 5.32 Å². The number of nitrogens with one attached hydrogen (secondary N) is 1. The number of carbonyl (C=O) groups is 1. The second kappa shape index (κ2) is 5.16. The number of benzene rings is 1. The highest BCUT2D eigenvalue weighted by Crippen LogP contribution is 2.27. The SMILES string of the molecule is COc1cc([C@@H](C)NC(C)=O)ccc1Br. The van der Waals surface area contributed by atoms with Crippen LogP contribution in [0.5, 0.6) is 5.75 Å². The monoisotopic (exact) mass is 271 g/mol. The van der Waals surface area contributed by atoms with Gasteiger partial charge in [-0.3, -0.25) is 4.79 Å². The number of hydrogen-bond acceptors (Lipinski definition) is 2. The number of amides is 1. The van der Waals surface area contributed by atoms with Gasteiger partial charge in [-0.25, -0.2) is 0 Å². The van der Waals surface area contributed by atoms with Gasteiger partial charge in [0.15, 0.2) is 0 Å².